The molecule has 23 heavy (non-hydrogen) atoms. The van der Waals surface area contributed by atoms with Crippen molar-refractivity contribution in [2.45, 2.75) is 12.3 Å². The Labute approximate surface area is 137 Å². The van der Waals surface area contributed by atoms with Gasteiger partial charge in [0.2, 0.25) is 0 Å². The summed E-state index contributed by atoms with van der Waals surface area (Å²) in [5.41, 5.74) is 3.48. The van der Waals surface area contributed by atoms with E-state index in [1.807, 2.05) is 32.3 Å². The van der Waals surface area contributed by atoms with Gasteiger partial charge in [-0.2, -0.15) is 5.26 Å². The molecule has 0 aliphatic carbocycles. The van der Waals surface area contributed by atoms with Gasteiger partial charge >= 0.3 is 0 Å². The van der Waals surface area contributed by atoms with E-state index in [-0.39, 0.29) is 5.92 Å². The third kappa shape index (κ3) is 3.19. The maximum Gasteiger partial charge on any atom is 0.0759 e. The third-order valence-electron chi connectivity index (χ3n) is 4.25. The zero-order valence-electron chi connectivity index (χ0n) is 13.5. The van der Waals surface area contributed by atoms with E-state index in [0.717, 1.165) is 12.0 Å². The van der Waals surface area contributed by atoms with Crippen molar-refractivity contribution in [3.8, 4) is 6.07 Å². The van der Waals surface area contributed by atoms with Crippen molar-refractivity contribution in [2.24, 2.45) is 0 Å². The number of nitriles is 1. The number of hydrogen-bond donors (Lipinski definition) is 0. The number of benzene rings is 3. The minimum absolute atomic E-state index is 0.133. The molecule has 1 atom stereocenters. The highest BCUT2D eigenvalue weighted by Gasteiger charge is 2.14. The monoisotopic (exact) mass is 300 g/mol. The lowest BCUT2D eigenvalue weighted by Crippen LogP contribution is -2.08. The third-order valence-corrected chi connectivity index (χ3v) is 4.25. The first-order valence-corrected chi connectivity index (χ1v) is 7.82. The molecule has 3 aromatic carbocycles. The van der Waals surface area contributed by atoms with Crippen molar-refractivity contribution in [1.82, 2.24) is 0 Å². The second kappa shape index (κ2) is 6.54. The summed E-state index contributed by atoms with van der Waals surface area (Å²) in [6, 6.07) is 25.4. The molecule has 0 bridgehead atoms. The van der Waals surface area contributed by atoms with Gasteiger partial charge in [-0.3, -0.25) is 0 Å². The number of hydrogen-bond acceptors (Lipinski definition) is 2. The topological polar surface area (TPSA) is 27.0 Å². The highest BCUT2D eigenvalue weighted by Crippen LogP contribution is 2.28. The average molecular weight is 300 g/mol. The Kier molecular flexibility index (Phi) is 4.30. The quantitative estimate of drug-likeness (QED) is 0.695. The van der Waals surface area contributed by atoms with Gasteiger partial charge in [-0.15, -0.1) is 0 Å². The van der Waals surface area contributed by atoms with Crippen molar-refractivity contribution in [2.75, 3.05) is 19.0 Å². The smallest absolute Gasteiger partial charge is 0.0759 e. The Balaban J connectivity index is 1.92. The molecule has 0 saturated carbocycles. The Morgan fingerprint density at radius 3 is 2.30 bits per heavy atom. The van der Waals surface area contributed by atoms with E-state index < -0.39 is 0 Å². The second-order valence-electron chi connectivity index (χ2n) is 6.02. The van der Waals surface area contributed by atoms with Gasteiger partial charge in [-0.25, -0.2) is 0 Å². The number of nitrogens with zero attached hydrogens (tertiary/aromatic N) is 2. The van der Waals surface area contributed by atoms with E-state index in [9.17, 15) is 5.26 Å². The number of rotatable bonds is 4. The van der Waals surface area contributed by atoms with E-state index in [1.54, 1.807) is 0 Å². The number of anilines is 1. The molecule has 0 aliphatic heterocycles. The fraction of sp³-hybridized carbons (Fsp3) is 0.190. The molecule has 0 heterocycles. The van der Waals surface area contributed by atoms with Crippen LogP contribution in [0.15, 0.2) is 66.7 Å². The van der Waals surface area contributed by atoms with Gasteiger partial charge < -0.3 is 4.90 Å². The van der Waals surface area contributed by atoms with E-state index in [1.165, 1.54) is 22.0 Å². The molecule has 0 fully saturated rings. The fourth-order valence-electron chi connectivity index (χ4n) is 2.95. The predicted octanol–water partition coefficient (Wildman–Crippen LogP) is 4.76. The van der Waals surface area contributed by atoms with Crippen LogP contribution in [-0.4, -0.2) is 14.1 Å². The van der Waals surface area contributed by atoms with Crippen LogP contribution in [-0.2, 0) is 6.42 Å². The van der Waals surface area contributed by atoms with Gasteiger partial charge in [-0.05, 0) is 40.5 Å². The second-order valence-corrected chi connectivity index (χ2v) is 6.02. The standard InChI is InChI=1S/C21H20N2/c1-23(2)19-12-10-16(11-13-19)14-18(15-22)21-9-5-7-17-6-3-4-8-20(17)21/h3-13,18H,14H2,1-2H3. The van der Waals surface area contributed by atoms with E-state index in [0.29, 0.717) is 0 Å². The van der Waals surface area contributed by atoms with Gasteiger partial charge in [0.1, 0.15) is 0 Å². The van der Waals surface area contributed by atoms with Crippen molar-refractivity contribution in [1.29, 1.82) is 5.26 Å². The molecule has 0 saturated heterocycles. The molecule has 0 N–H and O–H groups in total. The molecule has 0 radical (unpaired) electrons. The van der Waals surface area contributed by atoms with Crippen LogP contribution in [0.4, 0.5) is 5.69 Å². The van der Waals surface area contributed by atoms with Crippen LogP contribution in [0.1, 0.15) is 17.0 Å². The van der Waals surface area contributed by atoms with E-state index in [2.05, 4.69) is 59.5 Å². The summed E-state index contributed by atoms with van der Waals surface area (Å²) in [7, 11) is 4.06. The van der Waals surface area contributed by atoms with Crippen molar-refractivity contribution in [3.05, 3.63) is 77.9 Å². The number of fused-ring (bicyclic) bond motifs is 1. The van der Waals surface area contributed by atoms with Crippen LogP contribution >= 0.6 is 0 Å². The Bertz CT molecular complexity index is 836. The summed E-state index contributed by atoms with van der Waals surface area (Å²) in [5.74, 6) is -0.133. The summed E-state index contributed by atoms with van der Waals surface area (Å²) >= 11 is 0. The van der Waals surface area contributed by atoms with Crippen LogP contribution in [0.5, 0.6) is 0 Å². The first kappa shape index (κ1) is 15.1. The molecule has 0 spiro atoms. The SMILES string of the molecule is CN(C)c1ccc(CC(C#N)c2cccc3ccccc23)cc1. The Morgan fingerprint density at radius 1 is 0.913 bits per heavy atom. The molecule has 2 heteroatoms. The lowest BCUT2D eigenvalue weighted by molar-refractivity contribution is 0.856. The largest absolute Gasteiger partial charge is 0.378 e. The average Bonchev–Trinajstić information content (AvgIpc) is 2.59. The fourth-order valence-corrected chi connectivity index (χ4v) is 2.95. The van der Waals surface area contributed by atoms with Crippen molar-refractivity contribution in [3.63, 3.8) is 0 Å². The van der Waals surface area contributed by atoms with Crippen LogP contribution in [0.2, 0.25) is 0 Å². The van der Waals surface area contributed by atoms with Crippen molar-refractivity contribution < 1.29 is 0 Å². The van der Waals surface area contributed by atoms with E-state index in [4.69, 9.17) is 0 Å². The van der Waals surface area contributed by atoms with E-state index >= 15 is 0 Å². The highest BCUT2D eigenvalue weighted by molar-refractivity contribution is 5.86. The molecule has 1 unspecified atom stereocenters. The summed E-state index contributed by atoms with van der Waals surface area (Å²) in [5, 5.41) is 12.0. The maximum atomic E-state index is 9.68. The first-order chi connectivity index (χ1) is 11.2. The summed E-state index contributed by atoms with van der Waals surface area (Å²) in [6.45, 7) is 0. The molecular formula is C21H20N2. The van der Waals surface area contributed by atoms with Crippen LogP contribution in [0.3, 0.4) is 0 Å². The molecule has 3 rings (SSSR count). The summed E-state index contributed by atoms with van der Waals surface area (Å²) in [6.07, 6.45) is 0.734. The molecule has 0 amide bonds. The minimum Gasteiger partial charge on any atom is -0.378 e. The van der Waals surface area contributed by atoms with Gasteiger partial charge in [0.15, 0.2) is 0 Å². The minimum atomic E-state index is -0.133. The summed E-state index contributed by atoms with van der Waals surface area (Å²) < 4.78 is 0. The van der Waals surface area contributed by atoms with Crippen LogP contribution in [0, 0.1) is 11.3 Å². The first-order valence-electron chi connectivity index (χ1n) is 7.82. The molecule has 2 nitrogen and oxygen atoms in total. The highest BCUT2D eigenvalue weighted by atomic mass is 15.1. The lowest BCUT2D eigenvalue weighted by Gasteiger charge is -2.15. The van der Waals surface area contributed by atoms with Gasteiger partial charge in [0, 0.05) is 19.8 Å². The van der Waals surface area contributed by atoms with Gasteiger partial charge in [0.25, 0.3) is 0 Å². The normalized spacial score (nSPS) is 11.9. The van der Waals surface area contributed by atoms with Crippen molar-refractivity contribution >= 4 is 16.5 Å². The maximum absolute atomic E-state index is 9.68. The molecule has 114 valence electrons. The molecule has 0 aliphatic rings. The predicted molar refractivity (Wildman–Crippen MR) is 96.8 cm³/mol. The summed E-state index contributed by atoms with van der Waals surface area (Å²) in [4.78, 5) is 2.08. The Hall–Kier alpha value is -2.79. The van der Waals surface area contributed by atoms with Crippen LogP contribution in [0.25, 0.3) is 10.8 Å². The Morgan fingerprint density at radius 2 is 1.61 bits per heavy atom. The molecule has 0 aromatic heterocycles. The van der Waals surface area contributed by atoms with Crippen LogP contribution < -0.4 is 4.90 Å². The molecular weight excluding hydrogens is 280 g/mol. The molecule has 3 aromatic rings. The van der Waals surface area contributed by atoms with Gasteiger partial charge in [0.05, 0.1) is 12.0 Å². The lowest BCUT2D eigenvalue weighted by atomic mass is 9.89. The zero-order chi connectivity index (χ0) is 16.2. The zero-order valence-corrected chi connectivity index (χ0v) is 13.5. The van der Waals surface area contributed by atoms with Gasteiger partial charge in [-0.1, -0.05) is 54.6 Å².